The first-order valence-electron chi connectivity index (χ1n) is 14.0. The standard InChI is InChI=1S/C30H42O5/c1-26(2)15-28(35-34-17-26)10-11-29-13-18-12-19(31)4-5-20(18)22-14-27(3)23(6-7-24(27)32)21(25(22)29)8-9-30(29,33)16-28/h4-5,12,21-25,31-33H,6-11,13-17H2,1-3H3/t21-,22+,23-,24-,25+,27-,28?,29-,30+/m0/s1. The number of rotatable bonds is 0. The predicted molar refractivity (Wildman–Crippen MR) is 132 cm³/mol. The molecule has 6 aliphatic rings. The Kier molecular flexibility index (Phi) is 4.62. The second-order valence-electron chi connectivity index (χ2n) is 14.5. The third kappa shape index (κ3) is 2.96. The van der Waals surface area contributed by atoms with Gasteiger partial charge in [-0.3, -0.25) is 0 Å². The van der Waals surface area contributed by atoms with Gasteiger partial charge in [-0.15, -0.1) is 0 Å². The van der Waals surface area contributed by atoms with Gasteiger partial charge in [0.25, 0.3) is 0 Å². The lowest BCUT2D eigenvalue weighted by Crippen LogP contribution is -2.70. The van der Waals surface area contributed by atoms with Crippen molar-refractivity contribution in [3.8, 4) is 5.75 Å². The topological polar surface area (TPSA) is 79.2 Å². The maximum Gasteiger partial charge on any atom is 0.115 e. The van der Waals surface area contributed by atoms with E-state index < -0.39 is 11.2 Å². The van der Waals surface area contributed by atoms with Gasteiger partial charge in [-0.25, -0.2) is 9.78 Å². The summed E-state index contributed by atoms with van der Waals surface area (Å²) in [6.07, 6.45) is 8.80. The normalized spacial score (nSPS) is 51.7. The van der Waals surface area contributed by atoms with Gasteiger partial charge in [0.15, 0.2) is 0 Å². The molecule has 192 valence electrons. The molecule has 1 heterocycles. The molecule has 5 nitrogen and oxygen atoms in total. The summed E-state index contributed by atoms with van der Waals surface area (Å²) in [6.45, 7) is 7.41. The van der Waals surface area contributed by atoms with Crippen LogP contribution in [-0.4, -0.2) is 39.2 Å². The zero-order valence-electron chi connectivity index (χ0n) is 21.6. The number of aliphatic hydroxyl groups excluding tert-OH is 1. The molecule has 5 aliphatic carbocycles. The smallest absolute Gasteiger partial charge is 0.115 e. The van der Waals surface area contributed by atoms with E-state index in [1.54, 1.807) is 0 Å². The molecule has 1 saturated heterocycles. The Hall–Kier alpha value is -1.14. The SMILES string of the molecule is CC1(C)COOC2(CC[C@@]34Cc5cc(O)ccc5[C@H]5C[C@]6(C)[C@@H](O)CC[C@H]6[C@H](CC[C@@]3(O)C2)[C@H]54)C1. The van der Waals surface area contributed by atoms with Crippen molar-refractivity contribution in [3.63, 3.8) is 0 Å². The van der Waals surface area contributed by atoms with E-state index in [1.165, 1.54) is 11.1 Å². The van der Waals surface area contributed by atoms with Crippen LogP contribution in [0.1, 0.15) is 95.6 Å². The van der Waals surface area contributed by atoms with Gasteiger partial charge in [-0.2, -0.15) is 0 Å². The Labute approximate surface area is 209 Å². The van der Waals surface area contributed by atoms with Crippen molar-refractivity contribution >= 4 is 0 Å². The van der Waals surface area contributed by atoms with Crippen molar-refractivity contribution < 1.29 is 25.1 Å². The van der Waals surface area contributed by atoms with Gasteiger partial charge in [0.05, 0.1) is 18.3 Å². The Balaban J connectivity index is 1.36. The zero-order valence-corrected chi connectivity index (χ0v) is 21.6. The highest BCUT2D eigenvalue weighted by Crippen LogP contribution is 2.74. The van der Waals surface area contributed by atoms with Crippen molar-refractivity contribution in [1.29, 1.82) is 0 Å². The summed E-state index contributed by atoms with van der Waals surface area (Å²) >= 11 is 0. The quantitative estimate of drug-likeness (QED) is 0.440. The third-order valence-corrected chi connectivity index (χ3v) is 12.0. The van der Waals surface area contributed by atoms with Crippen LogP contribution in [0.15, 0.2) is 18.2 Å². The molecule has 35 heavy (non-hydrogen) atoms. The van der Waals surface area contributed by atoms with Gasteiger partial charge in [0, 0.05) is 11.8 Å². The van der Waals surface area contributed by atoms with Gasteiger partial charge in [-0.05, 0) is 116 Å². The van der Waals surface area contributed by atoms with Crippen LogP contribution in [0.4, 0.5) is 0 Å². The fraction of sp³-hybridized carbons (Fsp3) is 0.800. The molecule has 1 unspecified atom stereocenters. The summed E-state index contributed by atoms with van der Waals surface area (Å²) in [7, 11) is 0. The molecule has 1 aromatic rings. The molecule has 9 atom stereocenters. The van der Waals surface area contributed by atoms with Crippen molar-refractivity contribution in [1.82, 2.24) is 0 Å². The van der Waals surface area contributed by atoms with Crippen LogP contribution in [0.3, 0.4) is 0 Å². The van der Waals surface area contributed by atoms with Crippen LogP contribution in [0.2, 0.25) is 0 Å². The summed E-state index contributed by atoms with van der Waals surface area (Å²) < 4.78 is 0. The fourth-order valence-corrected chi connectivity index (χ4v) is 10.9. The molecule has 0 aromatic heterocycles. The molecule has 1 aliphatic heterocycles. The predicted octanol–water partition coefficient (Wildman–Crippen LogP) is 5.26. The van der Waals surface area contributed by atoms with Crippen LogP contribution in [0, 0.1) is 34.0 Å². The van der Waals surface area contributed by atoms with Crippen LogP contribution in [-0.2, 0) is 16.2 Å². The number of hydrogen-bond donors (Lipinski definition) is 3. The summed E-state index contributed by atoms with van der Waals surface area (Å²) in [5.41, 5.74) is 1.09. The maximum atomic E-state index is 12.7. The van der Waals surface area contributed by atoms with Gasteiger partial charge in [0.2, 0.25) is 0 Å². The first-order chi connectivity index (χ1) is 16.5. The average Bonchev–Trinajstić information content (AvgIpc) is 3.07. The minimum Gasteiger partial charge on any atom is -0.508 e. The van der Waals surface area contributed by atoms with Gasteiger partial charge < -0.3 is 15.3 Å². The van der Waals surface area contributed by atoms with Crippen LogP contribution in [0.5, 0.6) is 5.75 Å². The van der Waals surface area contributed by atoms with E-state index in [1.807, 2.05) is 12.1 Å². The zero-order chi connectivity index (χ0) is 24.4. The summed E-state index contributed by atoms with van der Waals surface area (Å²) in [5, 5.41) is 34.3. The lowest BCUT2D eigenvalue weighted by molar-refractivity contribution is -0.425. The van der Waals surface area contributed by atoms with Crippen molar-refractivity contribution in [2.75, 3.05) is 6.61 Å². The molecule has 4 saturated carbocycles. The van der Waals surface area contributed by atoms with Crippen LogP contribution >= 0.6 is 0 Å². The van der Waals surface area contributed by atoms with Gasteiger partial charge >= 0.3 is 0 Å². The van der Waals surface area contributed by atoms with E-state index in [9.17, 15) is 15.3 Å². The number of benzene rings is 1. The van der Waals surface area contributed by atoms with Gasteiger partial charge in [0.1, 0.15) is 11.4 Å². The average molecular weight is 483 g/mol. The summed E-state index contributed by atoms with van der Waals surface area (Å²) in [5.74, 6) is 2.11. The van der Waals surface area contributed by atoms with E-state index in [0.29, 0.717) is 42.4 Å². The molecule has 3 N–H and O–H groups in total. The second kappa shape index (κ2) is 7.03. The van der Waals surface area contributed by atoms with Crippen molar-refractivity contribution in [2.24, 2.45) is 34.0 Å². The maximum absolute atomic E-state index is 12.7. The number of aliphatic hydroxyl groups is 2. The monoisotopic (exact) mass is 482 g/mol. The van der Waals surface area contributed by atoms with E-state index in [4.69, 9.17) is 9.78 Å². The molecule has 1 aromatic carbocycles. The first kappa shape index (κ1) is 23.0. The Morgan fingerprint density at radius 1 is 1.00 bits per heavy atom. The summed E-state index contributed by atoms with van der Waals surface area (Å²) in [6, 6.07) is 5.94. The molecule has 0 amide bonds. The Morgan fingerprint density at radius 2 is 1.83 bits per heavy atom. The van der Waals surface area contributed by atoms with Crippen molar-refractivity contribution in [3.05, 3.63) is 29.3 Å². The fourth-order valence-electron chi connectivity index (χ4n) is 10.9. The highest BCUT2D eigenvalue weighted by atomic mass is 17.2. The number of phenolic OH excluding ortho intramolecular Hbond substituents is 1. The van der Waals surface area contributed by atoms with E-state index in [-0.39, 0.29) is 22.3 Å². The molecular formula is C30H42O5. The molecule has 0 radical (unpaired) electrons. The Morgan fingerprint density at radius 3 is 2.63 bits per heavy atom. The number of aromatic hydroxyl groups is 1. The molecule has 5 fully saturated rings. The number of fused-ring (bicyclic) bond motifs is 4. The Bertz CT molecular complexity index is 1050. The van der Waals surface area contributed by atoms with Crippen LogP contribution < -0.4 is 0 Å². The van der Waals surface area contributed by atoms with E-state index in [2.05, 4.69) is 26.8 Å². The third-order valence-electron chi connectivity index (χ3n) is 12.0. The van der Waals surface area contributed by atoms with E-state index >= 15 is 0 Å². The highest BCUT2D eigenvalue weighted by molar-refractivity contribution is 5.44. The lowest BCUT2D eigenvalue weighted by Gasteiger charge is -2.70. The second-order valence-corrected chi connectivity index (χ2v) is 14.5. The van der Waals surface area contributed by atoms with Crippen LogP contribution in [0.25, 0.3) is 0 Å². The molecule has 7 rings (SSSR count). The number of phenols is 1. The first-order valence-corrected chi connectivity index (χ1v) is 14.0. The molecular weight excluding hydrogens is 440 g/mol. The molecule has 0 bridgehead atoms. The largest absolute Gasteiger partial charge is 0.508 e. The minimum atomic E-state index is -0.810. The highest BCUT2D eigenvalue weighted by Gasteiger charge is 2.72. The van der Waals surface area contributed by atoms with Crippen molar-refractivity contribution in [2.45, 2.75) is 108 Å². The van der Waals surface area contributed by atoms with Gasteiger partial charge in [-0.1, -0.05) is 26.8 Å². The summed E-state index contributed by atoms with van der Waals surface area (Å²) in [4.78, 5) is 11.8. The lowest BCUT2D eigenvalue weighted by atomic mass is 9.36. The number of hydrogen-bond acceptors (Lipinski definition) is 5. The molecule has 2 spiro atoms. The van der Waals surface area contributed by atoms with E-state index in [0.717, 1.165) is 57.8 Å². The minimum absolute atomic E-state index is 0.0381. The molecule has 5 heteroatoms.